The number of methoxy groups -OCH3 is 1. The number of hydrogen-bond acceptors (Lipinski definition) is 4. The average molecular weight is 264 g/mol. The summed E-state index contributed by atoms with van der Waals surface area (Å²) in [5.74, 6) is -0.810. The van der Waals surface area contributed by atoms with Crippen LogP contribution in [-0.4, -0.2) is 24.2 Å². The number of carbonyl (C=O) groups excluding carboxylic acids is 1. The number of carboxylic acids is 1. The summed E-state index contributed by atoms with van der Waals surface area (Å²) >= 11 is 0. The van der Waals surface area contributed by atoms with Crippen LogP contribution >= 0.6 is 0 Å². The minimum absolute atomic E-state index is 0.0516. The maximum atomic E-state index is 11.2. The molecule has 0 bridgehead atoms. The molecule has 0 radical (unpaired) electrons. The highest BCUT2D eigenvalue weighted by Crippen LogP contribution is 2.24. The van der Waals surface area contributed by atoms with E-state index in [4.69, 9.17) is 14.6 Å². The predicted molar refractivity (Wildman–Crippen MR) is 69.8 cm³/mol. The van der Waals surface area contributed by atoms with Crippen molar-refractivity contribution in [2.45, 2.75) is 20.0 Å². The van der Waals surface area contributed by atoms with E-state index in [1.165, 1.54) is 13.2 Å². The molecule has 0 aliphatic heterocycles. The molecule has 0 heterocycles. The van der Waals surface area contributed by atoms with Crippen molar-refractivity contribution in [2.75, 3.05) is 7.11 Å². The topological polar surface area (TPSA) is 72.8 Å². The number of carboxylic acid groups (broad SMARTS) is 1. The fourth-order valence-electron chi connectivity index (χ4n) is 1.50. The van der Waals surface area contributed by atoms with Gasteiger partial charge < -0.3 is 14.6 Å². The second-order valence-corrected chi connectivity index (χ2v) is 3.71. The highest BCUT2D eigenvalue weighted by Gasteiger charge is 2.10. The molecular formula is C14H16O5. The van der Waals surface area contributed by atoms with Gasteiger partial charge in [-0.3, -0.25) is 4.79 Å². The van der Waals surface area contributed by atoms with Gasteiger partial charge in [0, 0.05) is 18.1 Å². The molecule has 0 unspecified atom stereocenters. The molecular weight excluding hydrogens is 248 g/mol. The van der Waals surface area contributed by atoms with Crippen LogP contribution in [0.2, 0.25) is 0 Å². The fourth-order valence-corrected chi connectivity index (χ4v) is 1.50. The molecule has 0 fully saturated rings. The third-order valence-corrected chi connectivity index (χ3v) is 2.46. The SMILES string of the molecule is CCC(=O)OCc1c(/C=C/C(=O)O)cccc1OC. The van der Waals surface area contributed by atoms with Gasteiger partial charge in [0.05, 0.1) is 7.11 Å². The molecule has 1 aromatic carbocycles. The van der Waals surface area contributed by atoms with Gasteiger partial charge in [-0.25, -0.2) is 4.79 Å². The molecule has 0 aromatic heterocycles. The van der Waals surface area contributed by atoms with E-state index in [2.05, 4.69) is 0 Å². The minimum Gasteiger partial charge on any atom is -0.496 e. The van der Waals surface area contributed by atoms with E-state index in [1.54, 1.807) is 25.1 Å². The first-order valence-corrected chi connectivity index (χ1v) is 5.81. The van der Waals surface area contributed by atoms with E-state index in [0.717, 1.165) is 6.08 Å². The van der Waals surface area contributed by atoms with E-state index in [-0.39, 0.29) is 19.0 Å². The van der Waals surface area contributed by atoms with Crippen LogP contribution in [0.1, 0.15) is 24.5 Å². The van der Waals surface area contributed by atoms with Crippen molar-refractivity contribution in [3.05, 3.63) is 35.4 Å². The first kappa shape index (κ1) is 14.8. The van der Waals surface area contributed by atoms with Crippen LogP contribution in [0.5, 0.6) is 5.75 Å². The summed E-state index contributed by atoms with van der Waals surface area (Å²) in [5.41, 5.74) is 1.29. The summed E-state index contributed by atoms with van der Waals surface area (Å²) < 4.78 is 10.3. The van der Waals surface area contributed by atoms with Gasteiger partial charge >= 0.3 is 11.9 Å². The first-order valence-electron chi connectivity index (χ1n) is 5.81. The van der Waals surface area contributed by atoms with Crippen LogP contribution in [0, 0.1) is 0 Å². The van der Waals surface area contributed by atoms with Crippen molar-refractivity contribution in [1.82, 2.24) is 0 Å². The number of hydrogen-bond donors (Lipinski definition) is 1. The van der Waals surface area contributed by atoms with Crippen LogP contribution < -0.4 is 4.74 Å². The van der Waals surface area contributed by atoms with Gasteiger partial charge in [0.2, 0.25) is 0 Å². The van der Waals surface area contributed by atoms with Crippen LogP contribution in [0.15, 0.2) is 24.3 Å². The Morgan fingerprint density at radius 1 is 1.37 bits per heavy atom. The van der Waals surface area contributed by atoms with Gasteiger partial charge in [0.25, 0.3) is 0 Å². The highest BCUT2D eigenvalue weighted by molar-refractivity contribution is 5.85. The number of aliphatic carboxylic acids is 1. The van der Waals surface area contributed by atoms with E-state index in [9.17, 15) is 9.59 Å². The Labute approximate surface area is 111 Å². The molecule has 102 valence electrons. The molecule has 0 aliphatic rings. The summed E-state index contributed by atoms with van der Waals surface area (Å²) in [7, 11) is 1.51. The smallest absolute Gasteiger partial charge is 0.328 e. The van der Waals surface area contributed by atoms with Crippen LogP contribution in [-0.2, 0) is 20.9 Å². The molecule has 1 aromatic rings. The maximum Gasteiger partial charge on any atom is 0.328 e. The lowest BCUT2D eigenvalue weighted by molar-refractivity contribution is -0.144. The molecule has 0 spiro atoms. The third-order valence-electron chi connectivity index (χ3n) is 2.46. The number of ether oxygens (including phenoxy) is 2. The van der Waals surface area contributed by atoms with Gasteiger partial charge in [0.1, 0.15) is 12.4 Å². The second-order valence-electron chi connectivity index (χ2n) is 3.71. The third kappa shape index (κ3) is 4.46. The Morgan fingerprint density at radius 3 is 2.68 bits per heavy atom. The van der Waals surface area contributed by atoms with Crippen molar-refractivity contribution in [2.24, 2.45) is 0 Å². The second kappa shape index (κ2) is 7.20. The molecule has 0 amide bonds. The summed E-state index contributed by atoms with van der Waals surface area (Å²) in [4.78, 5) is 21.7. The standard InChI is InChI=1S/C14H16O5/c1-3-14(17)19-9-11-10(7-8-13(15)16)5-4-6-12(11)18-2/h4-8H,3,9H2,1-2H3,(H,15,16)/b8-7+. The van der Waals surface area contributed by atoms with E-state index >= 15 is 0 Å². The van der Waals surface area contributed by atoms with Gasteiger partial charge in [-0.15, -0.1) is 0 Å². The largest absolute Gasteiger partial charge is 0.496 e. The number of benzene rings is 1. The zero-order chi connectivity index (χ0) is 14.3. The highest BCUT2D eigenvalue weighted by atomic mass is 16.5. The number of carbonyl (C=O) groups is 2. The molecule has 1 rings (SSSR count). The quantitative estimate of drug-likeness (QED) is 0.630. The van der Waals surface area contributed by atoms with Crippen LogP contribution in [0.3, 0.4) is 0 Å². The predicted octanol–water partition coefficient (Wildman–Crippen LogP) is 2.25. The Morgan fingerprint density at radius 2 is 2.11 bits per heavy atom. The molecule has 1 N–H and O–H groups in total. The summed E-state index contributed by atoms with van der Waals surface area (Å²) in [5, 5.41) is 8.64. The molecule has 0 saturated carbocycles. The molecule has 19 heavy (non-hydrogen) atoms. The number of rotatable bonds is 6. The lowest BCUT2D eigenvalue weighted by Crippen LogP contribution is -2.05. The molecule has 5 heteroatoms. The van der Waals surface area contributed by atoms with E-state index < -0.39 is 5.97 Å². The van der Waals surface area contributed by atoms with Crippen molar-refractivity contribution in [3.63, 3.8) is 0 Å². The first-order chi connectivity index (χ1) is 9.08. The Kier molecular flexibility index (Phi) is 5.60. The molecule has 0 saturated heterocycles. The normalized spacial score (nSPS) is 10.4. The van der Waals surface area contributed by atoms with E-state index in [0.29, 0.717) is 16.9 Å². The van der Waals surface area contributed by atoms with Crippen molar-refractivity contribution in [3.8, 4) is 5.75 Å². The molecule has 0 aliphatic carbocycles. The van der Waals surface area contributed by atoms with Crippen molar-refractivity contribution in [1.29, 1.82) is 0 Å². The Balaban J connectivity index is 3.02. The van der Waals surface area contributed by atoms with Gasteiger partial charge in [-0.2, -0.15) is 0 Å². The Hall–Kier alpha value is -2.30. The van der Waals surface area contributed by atoms with Gasteiger partial charge in [-0.1, -0.05) is 19.1 Å². The zero-order valence-corrected chi connectivity index (χ0v) is 10.9. The van der Waals surface area contributed by atoms with Gasteiger partial charge in [-0.05, 0) is 17.7 Å². The van der Waals surface area contributed by atoms with Crippen molar-refractivity contribution >= 4 is 18.0 Å². The summed E-state index contributed by atoms with van der Waals surface area (Å²) in [6.07, 6.45) is 2.76. The fraction of sp³-hybridized carbons (Fsp3) is 0.286. The Bertz CT molecular complexity index is 491. The summed E-state index contributed by atoms with van der Waals surface area (Å²) in [6, 6.07) is 5.20. The molecule has 5 nitrogen and oxygen atoms in total. The maximum absolute atomic E-state index is 11.2. The minimum atomic E-state index is -1.04. The van der Waals surface area contributed by atoms with Crippen molar-refractivity contribution < 1.29 is 24.2 Å². The lowest BCUT2D eigenvalue weighted by atomic mass is 10.1. The van der Waals surface area contributed by atoms with E-state index in [1.807, 2.05) is 0 Å². The monoisotopic (exact) mass is 264 g/mol. The zero-order valence-electron chi connectivity index (χ0n) is 10.9. The molecule has 0 atom stereocenters. The average Bonchev–Trinajstić information content (AvgIpc) is 2.42. The van der Waals surface area contributed by atoms with Crippen LogP contribution in [0.4, 0.5) is 0 Å². The number of esters is 1. The van der Waals surface area contributed by atoms with Crippen LogP contribution in [0.25, 0.3) is 6.08 Å². The van der Waals surface area contributed by atoms with Gasteiger partial charge in [0.15, 0.2) is 0 Å². The summed E-state index contributed by atoms with van der Waals surface area (Å²) in [6.45, 7) is 1.76. The lowest BCUT2D eigenvalue weighted by Gasteiger charge is -2.11.